The second-order valence-electron chi connectivity index (χ2n) is 4.89. The summed E-state index contributed by atoms with van der Waals surface area (Å²) in [5, 5.41) is 3.51. The smallest absolute Gasteiger partial charge is 0.253 e. The van der Waals surface area contributed by atoms with Gasteiger partial charge in [-0.1, -0.05) is 0 Å². The molecule has 2 unspecified atom stereocenters. The highest BCUT2D eigenvalue weighted by atomic mass is 16.2. The maximum absolute atomic E-state index is 12.3. The van der Waals surface area contributed by atoms with E-state index in [1.165, 1.54) is 6.42 Å². The molecule has 4 nitrogen and oxygen atoms in total. The van der Waals surface area contributed by atoms with Gasteiger partial charge in [-0.15, -0.1) is 0 Å². The molecule has 4 heteroatoms. The van der Waals surface area contributed by atoms with E-state index in [0.29, 0.717) is 12.0 Å². The van der Waals surface area contributed by atoms with Crippen LogP contribution in [0.3, 0.4) is 0 Å². The third kappa shape index (κ3) is 2.05. The van der Waals surface area contributed by atoms with Gasteiger partial charge in [-0.25, -0.2) is 0 Å². The molecule has 0 aliphatic carbocycles. The molecule has 2 aliphatic heterocycles. The predicted octanol–water partition coefficient (Wildman–Crippen LogP) is 0.906. The molecule has 1 aromatic heterocycles. The van der Waals surface area contributed by atoms with Crippen molar-refractivity contribution in [2.24, 2.45) is 5.92 Å². The molecule has 2 aliphatic rings. The van der Waals surface area contributed by atoms with Gasteiger partial charge in [0.15, 0.2) is 0 Å². The maximum atomic E-state index is 12.3. The Morgan fingerprint density at radius 3 is 3.00 bits per heavy atom. The topological polar surface area (TPSA) is 45.2 Å². The summed E-state index contributed by atoms with van der Waals surface area (Å²) in [6.45, 7) is 2.88. The van der Waals surface area contributed by atoms with Gasteiger partial charge in [0.2, 0.25) is 0 Å². The average molecular weight is 231 g/mol. The van der Waals surface area contributed by atoms with Crippen LogP contribution in [0.1, 0.15) is 23.2 Å². The Balaban J connectivity index is 1.71. The number of carbonyl (C=O) groups is 1. The van der Waals surface area contributed by atoms with Crippen LogP contribution in [-0.2, 0) is 0 Å². The van der Waals surface area contributed by atoms with Crippen LogP contribution in [0.15, 0.2) is 24.5 Å². The zero-order valence-corrected chi connectivity index (χ0v) is 9.80. The molecule has 1 N–H and O–H groups in total. The second-order valence-corrected chi connectivity index (χ2v) is 4.89. The van der Waals surface area contributed by atoms with E-state index in [1.54, 1.807) is 24.5 Å². The largest absolute Gasteiger partial charge is 0.338 e. The molecular formula is C13H17N3O. The fourth-order valence-corrected chi connectivity index (χ4v) is 2.91. The predicted molar refractivity (Wildman–Crippen MR) is 64.7 cm³/mol. The maximum Gasteiger partial charge on any atom is 0.253 e. The standard InChI is InChI=1S/C13H17N3O/c17-13(10-1-5-14-6-2-10)16-8-4-12-11(9-16)3-7-15-12/h1-2,5-6,11-12,15H,3-4,7-9H2. The van der Waals surface area contributed by atoms with Crippen LogP contribution in [-0.4, -0.2) is 41.5 Å². The van der Waals surface area contributed by atoms with Crippen molar-refractivity contribution in [3.63, 3.8) is 0 Å². The number of aromatic nitrogens is 1. The molecule has 0 radical (unpaired) electrons. The minimum absolute atomic E-state index is 0.151. The first-order valence-electron chi connectivity index (χ1n) is 6.27. The van der Waals surface area contributed by atoms with Gasteiger partial charge in [-0.2, -0.15) is 0 Å². The summed E-state index contributed by atoms with van der Waals surface area (Å²) in [7, 11) is 0. The third-order valence-electron chi connectivity index (χ3n) is 3.87. The van der Waals surface area contributed by atoms with Gasteiger partial charge in [-0.05, 0) is 37.4 Å². The Hall–Kier alpha value is -1.42. The second kappa shape index (κ2) is 4.45. The highest BCUT2D eigenvalue weighted by Crippen LogP contribution is 2.25. The Morgan fingerprint density at radius 2 is 2.18 bits per heavy atom. The normalized spacial score (nSPS) is 27.9. The van der Waals surface area contributed by atoms with Crippen molar-refractivity contribution in [2.75, 3.05) is 19.6 Å². The number of pyridine rings is 1. The summed E-state index contributed by atoms with van der Waals surface area (Å²) in [5.41, 5.74) is 0.754. The van der Waals surface area contributed by atoms with Gasteiger partial charge in [-0.3, -0.25) is 9.78 Å². The van der Waals surface area contributed by atoms with E-state index in [4.69, 9.17) is 0 Å². The van der Waals surface area contributed by atoms with Crippen LogP contribution in [0.25, 0.3) is 0 Å². The van der Waals surface area contributed by atoms with Gasteiger partial charge in [0.25, 0.3) is 5.91 Å². The molecule has 0 bridgehead atoms. The Labute approximate surface area is 101 Å². The van der Waals surface area contributed by atoms with Crippen LogP contribution in [0, 0.1) is 5.92 Å². The number of nitrogens with zero attached hydrogens (tertiary/aromatic N) is 2. The number of nitrogens with one attached hydrogen (secondary N) is 1. The quantitative estimate of drug-likeness (QED) is 0.781. The van der Waals surface area contributed by atoms with Crippen molar-refractivity contribution < 1.29 is 4.79 Å². The van der Waals surface area contributed by atoms with E-state index in [-0.39, 0.29) is 5.91 Å². The molecule has 17 heavy (non-hydrogen) atoms. The van der Waals surface area contributed by atoms with Gasteiger partial charge in [0.1, 0.15) is 0 Å². The highest BCUT2D eigenvalue weighted by molar-refractivity contribution is 5.94. The van der Waals surface area contributed by atoms with Crippen molar-refractivity contribution in [3.8, 4) is 0 Å². The SMILES string of the molecule is O=C(c1ccncc1)N1CCC2NCCC2C1. The Kier molecular flexibility index (Phi) is 2.81. The first kappa shape index (κ1) is 10.7. The van der Waals surface area contributed by atoms with E-state index in [9.17, 15) is 4.79 Å². The van der Waals surface area contributed by atoms with E-state index in [0.717, 1.165) is 31.6 Å². The number of piperidine rings is 1. The van der Waals surface area contributed by atoms with Crippen molar-refractivity contribution in [1.29, 1.82) is 0 Å². The lowest BCUT2D eigenvalue weighted by molar-refractivity contribution is 0.0662. The Morgan fingerprint density at radius 1 is 1.35 bits per heavy atom. The fraction of sp³-hybridized carbons (Fsp3) is 0.538. The molecule has 0 aromatic carbocycles. The lowest BCUT2D eigenvalue weighted by Gasteiger charge is -2.34. The average Bonchev–Trinajstić information content (AvgIpc) is 2.86. The lowest BCUT2D eigenvalue weighted by atomic mass is 9.93. The molecule has 2 saturated heterocycles. The molecule has 0 saturated carbocycles. The number of carbonyl (C=O) groups excluding carboxylic acids is 1. The summed E-state index contributed by atoms with van der Waals surface area (Å²) >= 11 is 0. The van der Waals surface area contributed by atoms with Crippen LogP contribution in [0.4, 0.5) is 0 Å². The van der Waals surface area contributed by atoms with Crippen molar-refractivity contribution in [1.82, 2.24) is 15.2 Å². The summed E-state index contributed by atoms with van der Waals surface area (Å²) in [6.07, 6.45) is 5.64. The molecule has 0 spiro atoms. The number of hydrogen-bond acceptors (Lipinski definition) is 3. The third-order valence-corrected chi connectivity index (χ3v) is 3.87. The van der Waals surface area contributed by atoms with Crippen molar-refractivity contribution in [2.45, 2.75) is 18.9 Å². The minimum atomic E-state index is 0.151. The lowest BCUT2D eigenvalue weighted by Crippen LogP contribution is -2.46. The molecule has 2 fully saturated rings. The molecule has 1 amide bonds. The molecule has 90 valence electrons. The number of rotatable bonds is 1. The van der Waals surface area contributed by atoms with Crippen LogP contribution >= 0.6 is 0 Å². The van der Waals surface area contributed by atoms with Gasteiger partial charge < -0.3 is 10.2 Å². The molecule has 3 heterocycles. The summed E-state index contributed by atoms with van der Waals surface area (Å²) in [6, 6.07) is 4.22. The van der Waals surface area contributed by atoms with Gasteiger partial charge >= 0.3 is 0 Å². The van der Waals surface area contributed by atoms with Crippen LogP contribution < -0.4 is 5.32 Å². The summed E-state index contributed by atoms with van der Waals surface area (Å²) in [4.78, 5) is 18.2. The minimum Gasteiger partial charge on any atom is -0.338 e. The number of hydrogen-bond donors (Lipinski definition) is 1. The summed E-state index contributed by atoms with van der Waals surface area (Å²) < 4.78 is 0. The monoisotopic (exact) mass is 231 g/mol. The van der Waals surface area contributed by atoms with Crippen LogP contribution in [0.2, 0.25) is 0 Å². The van der Waals surface area contributed by atoms with E-state index in [1.807, 2.05) is 4.90 Å². The first-order valence-corrected chi connectivity index (χ1v) is 6.27. The summed E-state index contributed by atoms with van der Waals surface area (Å²) in [5.74, 6) is 0.798. The highest BCUT2D eigenvalue weighted by Gasteiger charge is 2.34. The first-order chi connectivity index (χ1) is 8.34. The zero-order chi connectivity index (χ0) is 11.7. The molecular weight excluding hydrogens is 214 g/mol. The van der Waals surface area contributed by atoms with Gasteiger partial charge in [0.05, 0.1) is 0 Å². The Bertz CT molecular complexity index is 406. The number of amides is 1. The fourth-order valence-electron chi connectivity index (χ4n) is 2.91. The van der Waals surface area contributed by atoms with Gasteiger partial charge in [0, 0.05) is 37.1 Å². The molecule has 2 atom stereocenters. The van der Waals surface area contributed by atoms with Crippen molar-refractivity contribution in [3.05, 3.63) is 30.1 Å². The molecule has 3 rings (SSSR count). The van der Waals surface area contributed by atoms with Crippen molar-refractivity contribution >= 4 is 5.91 Å². The van der Waals surface area contributed by atoms with Crippen LogP contribution in [0.5, 0.6) is 0 Å². The zero-order valence-electron chi connectivity index (χ0n) is 9.80. The number of fused-ring (bicyclic) bond motifs is 1. The van der Waals surface area contributed by atoms with E-state index in [2.05, 4.69) is 10.3 Å². The number of likely N-dealkylation sites (tertiary alicyclic amines) is 1. The van der Waals surface area contributed by atoms with E-state index >= 15 is 0 Å². The van der Waals surface area contributed by atoms with E-state index < -0.39 is 0 Å². The molecule has 1 aromatic rings.